The number of carbonyl (C=O) groups is 1. The molecule has 1 N–H and O–H groups in total. The maximum absolute atomic E-state index is 12.2. The summed E-state index contributed by atoms with van der Waals surface area (Å²) in [5, 5.41) is 7.62. The van der Waals surface area contributed by atoms with E-state index in [9.17, 15) is 9.59 Å². The highest BCUT2D eigenvalue weighted by molar-refractivity contribution is 6.30. The Labute approximate surface area is 149 Å². The summed E-state index contributed by atoms with van der Waals surface area (Å²) in [5.41, 5.74) is 2.90. The predicted molar refractivity (Wildman–Crippen MR) is 98.8 cm³/mol. The Hall–Kier alpha value is -2.92. The molecule has 0 bridgehead atoms. The van der Waals surface area contributed by atoms with Crippen LogP contribution in [0.5, 0.6) is 0 Å². The normalized spacial score (nSPS) is 10.5. The SMILES string of the molecule is Cc1ccccc1-c1ccc(=O)n(CC(=O)Nc2ccc(Cl)cc2)n1. The lowest BCUT2D eigenvalue weighted by atomic mass is 10.1. The van der Waals surface area contributed by atoms with E-state index in [1.54, 1.807) is 30.3 Å². The molecule has 3 aromatic rings. The summed E-state index contributed by atoms with van der Waals surface area (Å²) in [5.74, 6) is -0.334. The number of aromatic nitrogens is 2. The van der Waals surface area contributed by atoms with E-state index >= 15 is 0 Å². The molecule has 0 aliphatic carbocycles. The molecule has 1 amide bonds. The van der Waals surface area contributed by atoms with Crippen LogP contribution in [0.15, 0.2) is 65.5 Å². The minimum Gasteiger partial charge on any atom is -0.324 e. The summed E-state index contributed by atoms with van der Waals surface area (Å²) in [7, 11) is 0. The van der Waals surface area contributed by atoms with E-state index in [-0.39, 0.29) is 18.0 Å². The molecule has 0 spiro atoms. The summed E-state index contributed by atoms with van der Waals surface area (Å²) in [4.78, 5) is 24.2. The smallest absolute Gasteiger partial charge is 0.267 e. The third-order valence-corrected chi connectivity index (χ3v) is 3.96. The first-order valence-corrected chi connectivity index (χ1v) is 8.10. The van der Waals surface area contributed by atoms with Crippen LogP contribution in [0.3, 0.4) is 0 Å². The molecule has 0 saturated heterocycles. The summed E-state index contributed by atoms with van der Waals surface area (Å²) < 4.78 is 1.16. The van der Waals surface area contributed by atoms with E-state index in [2.05, 4.69) is 10.4 Å². The van der Waals surface area contributed by atoms with Gasteiger partial charge in [-0.2, -0.15) is 5.10 Å². The number of halogens is 1. The number of hydrogen-bond acceptors (Lipinski definition) is 3. The predicted octanol–water partition coefficient (Wildman–Crippen LogP) is 3.51. The second kappa shape index (κ2) is 7.32. The Bertz CT molecular complexity index is 965. The Morgan fingerprint density at radius 3 is 2.52 bits per heavy atom. The molecule has 1 heterocycles. The van der Waals surface area contributed by atoms with Crippen molar-refractivity contribution in [2.75, 3.05) is 5.32 Å². The number of amides is 1. The van der Waals surface area contributed by atoms with Gasteiger partial charge in [0.05, 0.1) is 5.69 Å². The molecule has 126 valence electrons. The molecule has 3 rings (SSSR count). The molecule has 6 heteroatoms. The monoisotopic (exact) mass is 353 g/mol. The molecule has 0 radical (unpaired) electrons. The number of carbonyl (C=O) groups excluding carboxylic acids is 1. The van der Waals surface area contributed by atoms with Crippen LogP contribution in [-0.2, 0) is 11.3 Å². The summed E-state index contributed by atoms with van der Waals surface area (Å²) in [6.45, 7) is 1.81. The maximum atomic E-state index is 12.2. The fraction of sp³-hybridized carbons (Fsp3) is 0.105. The molecular weight excluding hydrogens is 338 g/mol. The number of rotatable bonds is 4. The standard InChI is InChI=1S/C19H16ClN3O2/c1-13-4-2-3-5-16(13)17-10-11-19(25)23(22-17)12-18(24)21-15-8-6-14(20)7-9-15/h2-11H,12H2,1H3,(H,21,24). The number of benzene rings is 2. The van der Waals surface area contributed by atoms with Crippen molar-refractivity contribution < 1.29 is 4.79 Å². The first-order chi connectivity index (χ1) is 12.0. The van der Waals surface area contributed by atoms with E-state index in [0.29, 0.717) is 16.4 Å². The number of aryl methyl sites for hydroxylation is 1. The first-order valence-electron chi connectivity index (χ1n) is 7.72. The van der Waals surface area contributed by atoms with E-state index in [4.69, 9.17) is 11.6 Å². The van der Waals surface area contributed by atoms with E-state index < -0.39 is 0 Å². The van der Waals surface area contributed by atoms with Crippen molar-refractivity contribution in [3.63, 3.8) is 0 Å². The Morgan fingerprint density at radius 2 is 1.80 bits per heavy atom. The van der Waals surface area contributed by atoms with Crippen molar-refractivity contribution >= 4 is 23.2 Å². The molecule has 1 aromatic heterocycles. The van der Waals surface area contributed by atoms with Gasteiger partial charge >= 0.3 is 0 Å². The van der Waals surface area contributed by atoms with Gasteiger partial charge in [-0.15, -0.1) is 0 Å². The molecule has 0 saturated carbocycles. The number of nitrogens with zero attached hydrogens (tertiary/aromatic N) is 2. The summed E-state index contributed by atoms with van der Waals surface area (Å²) >= 11 is 5.82. The van der Waals surface area contributed by atoms with Gasteiger partial charge in [-0.05, 0) is 42.8 Å². The lowest BCUT2D eigenvalue weighted by Crippen LogP contribution is -2.29. The fourth-order valence-corrected chi connectivity index (χ4v) is 2.56. The molecule has 0 atom stereocenters. The topological polar surface area (TPSA) is 64.0 Å². The molecule has 0 aliphatic rings. The molecule has 0 fully saturated rings. The summed E-state index contributed by atoms with van der Waals surface area (Å²) in [6.07, 6.45) is 0. The van der Waals surface area contributed by atoms with E-state index in [1.165, 1.54) is 6.07 Å². The Kier molecular flexibility index (Phi) is 4.95. The van der Waals surface area contributed by atoms with Crippen LogP contribution in [0.25, 0.3) is 11.3 Å². The second-order valence-corrected chi connectivity index (χ2v) is 6.02. The van der Waals surface area contributed by atoms with Crippen molar-refractivity contribution in [1.29, 1.82) is 0 Å². The molecular formula is C19H16ClN3O2. The van der Waals surface area contributed by atoms with Gasteiger partial charge in [-0.3, -0.25) is 9.59 Å². The van der Waals surface area contributed by atoms with Crippen molar-refractivity contribution in [2.45, 2.75) is 13.5 Å². The fourth-order valence-electron chi connectivity index (χ4n) is 2.44. The number of nitrogens with one attached hydrogen (secondary N) is 1. The van der Waals surface area contributed by atoms with Gasteiger partial charge < -0.3 is 5.32 Å². The second-order valence-electron chi connectivity index (χ2n) is 5.58. The quantitative estimate of drug-likeness (QED) is 0.780. The lowest BCUT2D eigenvalue weighted by Gasteiger charge is -2.09. The summed E-state index contributed by atoms with van der Waals surface area (Å²) in [6, 6.07) is 17.6. The zero-order chi connectivity index (χ0) is 17.8. The van der Waals surface area contributed by atoms with Crippen LogP contribution in [0.2, 0.25) is 5.02 Å². The highest BCUT2D eigenvalue weighted by atomic mass is 35.5. The van der Waals surface area contributed by atoms with Gasteiger partial charge in [0.2, 0.25) is 5.91 Å². The molecule has 0 aliphatic heterocycles. The zero-order valence-electron chi connectivity index (χ0n) is 13.6. The van der Waals surface area contributed by atoms with Crippen LogP contribution in [0, 0.1) is 6.92 Å². The average molecular weight is 354 g/mol. The van der Waals surface area contributed by atoms with Gasteiger partial charge in [0.25, 0.3) is 5.56 Å². The van der Waals surface area contributed by atoms with Crippen LogP contribution in [-0.4, -0.2) is 15.7 Å². The maximum Gasteiger partial charge on any atom is 0.267 e. The van der Waals surface area contributed by atoms with Gasteiger partial charge in [0.1, 0.15) is 6.54 Å². The van der Waals surface area contributed by atoms with Crippen LogP contribution in [0.1, 0.15) is 5.56 Å². The van der Waals surface area contributed by atoms with E-state index in [0.717, 1.165) is 15.8 Å². The molecule has 25 heavy (non-hydrogen) atoms. The minimum atomic E-state index is -0.334. The first kappa shape index (κ1) is 16.9. The third-order valence-electron chi connectivity index (χ3n) is 3.71. The van der Waals surface area contributed by atoms with Crippen molar-refractivity contribution in [1.82, 2.24) is 9.78 Å². The highest BCUT2D eigenvalue weighted by Crippen LogP contribution is 2.19. The number of hydrogen-bond donors (Lipinski definition) is 1. The average Bonchev–Trinajstić information content (AvgIpc) is 2.59. The van der Waals surface area contributed by atoms with Crippen molar-refractivity contribution in [3.8, 4) is 11.3 Å². The number of anilines is 1. The Morgan fingerprint density at radius 1 is 1.08 bits per heavy atom. The van der Waals surface area contributed by atoms with Crippen molar-refractivity contribution in [2.24, 2.45) is 0 Å². The van der Waals surface area contributed by atoms with Gasteiger partial charge in [0.15, 0.2) is 0 Å². The van der Waals surface area contributed by atoms with Crippen LogP contribution >= 0.6 is 11.6 Å². The molecule has 2 aromatic carbocycles. The van der Waals surface area contributed by atoms with E-state index in [1.807, 2.05) is 31.2 Å². The largest absolute Gasteiger partial charge is 0.324 e. The van der Waals surface area contributed by atoms with Gasteiger partial charge in [-0.1, -0.05) is 35.9 Å². The molecule has 5 nitrogen and oxygen atoms in total. The van der Waals surface area contributed by atoms with Crippen LogP contribution < -0.4 is 10.9 Å². The lowest BCUT2D eigenvalue weighted by molar-refractivity contribution is -0.117. The zero-order valence-corrected chi connectivity index (χ0v) is 14.3. The van der Waals surface area contributed by atoms with Gasteiger partial charge in [0, 0.05) is 22.3 Å². The van der Waals surface area contributed by atoms with Crippen LogP contribution in [0.4, 0.5) is 5.69 Å². The third kappa shape index (κ3) is 4.14. The molecule has 0 unspecified atom stereocenters. The minimum absolute atomic E-state index is 0.165. The Balaban J connectivity index is 1.81. The highest BCUT2D eigenvalue weighted by Gasteiger charge is 2.09. The van der Waals surface area contributed by atoms with Crippen molar-refractivity contribution in [3.05, 3.63) is 81.6 Å². The van der Waals surface area contributed by atoms with Gasteiger partial charge in [-0.25, -0.2) is 4.68 Å².